The van der Waals surface area contributed by atoms with Gasteiger partial charge < -0.3 is 10.1 Å². The van der Waals surface area contributed by atoms with Crippen molar-refractivity contribution in [3.8, 4) is 5.69 Å². The first kappa shape index (κ1) is 19.5. The molecule has 3 heterocycles. The number of halogens is 1. The van der Waals surface area contributed by atoms with Gasteiger partial charge in [0.15, 0.2) is 5.82 Å². The number of rotatable bonds is 5. The lowest BCUT2D eigenvalue weighted by Gasteiger charge is -2.35. The summed E-state index contributed by atoms with van der Waals surface area (Å²) >= 11 is 0. The number of ether oxygens (including phenoxy) is 1. The van der Waals surface area contributed by atoms with E-state index in [9.17, 15) is 9.18 Å². The van der Waals surface area contributed by atoms with E-state index in [1.165, 1.54) is 10.7 Å². The molecule has 0 unspecified atom stereocenters. The van der Waals surface area contributed by atoms with Crippen molar-refractivity contribution in [3.63, 3.8) is 0 Å². The lowest BCUT2D eigenvalue weighted by molar-refractivity contribution is 0.0148. The maximum Gasteiger partial charge on any atom is 0.416 e. The van der Waals surface area contributed by atoms with Gasteiger partial charge in [0.2, 0.25) is 0 Å². The highest BCUT2D eigenvalue weighted by atomic mass is 19.1. The van der Waals surface area contributed by atoms with E-state index in [2.05, 4.69) is 20.4 Å². The van der Waals surface area contributed by atoms with Crippen LogP contribution in [-0.4, -0.2) is 44.5 Å². The van der Waals surface area contributed by atoms with Gasteiger partial charge in [0.05, 0.1) is 12.7 Å². The van der Waals surface area contributed by atoms with Gasteiger partial charge in [0.1, 0.15) is 22.9 Å². The van der Waals surface area contributed by atoms with Crippen LogP contribution in [0.1, 0.15) is 25.7 Å². The van der Waals surface area contributed by atoms with Crippen LogP contribution >= 0.6 is 0 Å². The van der Waals surface area contributed by atoms with Gasteiger partial charge in [0.25, 0.3) is 0 Å². The van der Waals surface area contributed by atoms with Crippen LogP contribution in [0.3, 0.4) is 0 Å². The molecule has 1 aromatic carbocycles. The van der Waals surface area contributed by atoms with Crippen molar-refractivity contribution in [3.05, 3.63) is 60.9 Å². The average Bonchev–Trinajstić information content (AvgIpc) is 3.39. The molecule has 1 aliphatic carbocycles. The molecule has 1 aliphatic heterocycles. The molecule has 0 bridgehead atoms. The van der Waals surface area contributed by atoms with Gasteiger partial charge in [-0.2, -0.15) is 5.10 Å². The molecule has 1 spiro atoms. The highest BCUT2D eigenvalue weighted by molar-refractivity contribution is 5.88. The second-order valence-corrected chi connectivity index (χ2v) is 8.12. The minimum absolute atomic E-state index is 0.309. The van der Waals surface area contributed by atoms with Gasteiger partial charge in [-0.3, -0.25) is 9.88 Å². The molecule has 31 heavy (non-hydrogen) atoms. The summed E-state index contributed by atoms with van der Waals surface area (Å²) < 4.78 is 21.3. The second kappa shape index (κ2) is 7.98. The van der Waals surface area contributed by atoms with Crippen LogP contribution < -0.4 is 10.2 Å². The number of nitrogens with zero attached hydrogens (tertiary/aromatic N) is 5. The Morgan fingerprint density at radius 3 is 2.81 bits per heavy atom. The molecule has 1 saturated carbocycles. The van der Waals surface area contributed by atoms with Crippen molar-refractivity contribution in [2.24, 2.45) is 5.92 Å². The van der Waals surface area contributed by atoms with E-state index in [-0.39, 0.29) is 11.9 Å². The number of para-hydroxylation sites is 1. The van der Waals surface area contributed by atoms with Gasteiger partial charge in [-0.05, 0) is 43.7 Å². The first-order chi connectivity index (χ1) is 15.1. The highest BCUT2D eigenvalue weighted by Crippen LogP contribution is 2.40. The molecule has 5 rings (SSSR count). The van der Waals surface area contributed by atoms with E-state index in [1.807, 2.05) is 6.07 Å². The molecule has 1 saturated heterocycles. The number of anilines is 2. The molecule has 9 heteroatoms. The lowest BCUT2D eigenvalue weighted by atomic mass is 9.78. The summed E-state index contributed by atoms with van der Waals surface area (Å²) in [6.07, 6.45) is 9.65. The van der Waals surface area contributed by atoms with Gasteiger partial charge in [-0.1, -0.05) is 12.1 Å². The summed E-state index contributed by atoms with van der Waals surface area (Å²) in [5.74, 6) is 1.38. The Morgan fingerprint density at radius 2 is 2.03 bits per heavy atom. The van der Waals surface area contributed by atoms with E-state index < -0.39 is 5.60 Å². The van der Waals surface area contributed by atoms with Gasteiger partial charge >= 0.3 is 6.09 Å². The van der Waals surface area contributed by atoms with Gasteiger partial charge in [-0.15, -0.1) is 0 Å². The fraction of sp³-hybridized carbons (Fsp3) is 0.364. The van der Waals surface area contributed by atoms with Crippen molar-refractivity contribution in [2.75, 3.05) is 23.3 Å². The molecule has 2 aromatic heterocycles. The molecule has 8 nitrogen and oxygen atoms in total. The molecule has 1 N–H and O–H groups in total. The first-order valence-electron chi connectivity index (χ1n) is 10.4. The van der Waals surface area contributed by atoms with Crippen molar-refractivity contribution in [1.82, 2.24) is 19.7 Å². The third-order valence-corrected chi connectivity index (χ3v) is 6.07. The van der Waals surface area contributed by atoms with Crippen molar-refractivity contribution in [1.29, 1.82) is 0 Å². The summed E-state index contributed by atoms with van der Waals surface area (Å²) in [4.78, 5) is 22.2. The standard InChI is InChI=1S/C22H23FN6O2/c23-17-3-1-2-4-18(17)29-12-7-19(27-29)26-13-16-5-8-22(9-6-16)15-28(21(30)31-22)20-14-24-10-11-25-20/h1-4,7,10-12,14,16H,5-6,8-9,13,15H2,(H,26,27). The number of amides is 1. The van der Waals surface area contributed by atoms with E-state index >= 15 is 0 Å². The van der Waals surface area contributed by atoms with Crippen LogP contribution in [0.4, 0.5) is 20.8 Å². The maximum absolute atomic E-state index is 13.9. The predicted molar refractivity (Wildman–Crippen MR) is 113 cm³/mol. The molecular formula is C22H23FN6O2. The molecule has 0 radical (unpaired) electrons. The van der Waals surface area contributed by atoms with Crippen LogP contribution in [0.25, 0.3) is 5.69 Å². The number of carbonyl (C=O) groups excluding carboxylic acids is 1. The zero-order valence-corrected chi connectivity index (χ0v) is 16.9. The van der Waals surface area contributed by atoms with E-state index in [1.54, 1.807) is 47.9 Å². The SMILES string of the molecule is O=C1OC2(CCC(CNc3ccn(-c4ccccc4F)n3)CC2)CN1c1cnccn1. The smallest absolute Gasteiger partial charge is 0.416 e. The third-order valence-electron chi connectivity index (χ3n) is 6.07. The Hall–Kier alpha value is -3.49. The largest absolute Gasteiger partial charge is 0.441 e. The molecule has 2 fully saturated rings. The topological polar surface area (TPSA) is 85.2 Å². The van der Waals surface area contributed by atoms with Gasteiger partial charge in [0, 0.05) is 31.2 Å². The Labute approximate surface area is 179 Å². The lowest BCUT2D eigenvalue weighted by Crippen LogP contribution is -2.39. The summed E-state index contributed by atoms with van der Waals surface area (Å²) in [6, 6.07) is 8.40. The Morgan fingerprint density at radius 1 is 1.19 bits per heavy atom. The summed E-state index contributed by atoms with van der Waals surface area (Å²) in [7, 11) is 0. The van der Waals surface area contributed by atoms with Crippen molar-refractivity contribution >= 4 is 17.7 Å². The normalized spacial score (nSPS) is 23.2. The fourth-order valence-corrected chi connectivity index (χ4v) is 4.34. The zero-order valence-electron chi connectivity index (χ0n) is 16.9. The van der Waals surface area contributed by atoms with Crippen molar-refractivity contribution < 1.29 is 13.9 Å². The van der Waals surface area contributed by atoms with Crippen LogP contribution in [0.15, 0.2) is 55.1 Å². The zero-order chi connectivity index (χ0) is 21.3. The quantitative estimate of drug-likeness (QED) is 0.673. The number of carbonyl (C=O) groups is 1. The van der Waals surface area contributed by atoms with Crippen LogP contribution in [0, 0.1) is 11.7 Å². The Balaban J connectivity index is 1.15. The number of benzene rings is 1. The minimum Gasteiger partial charge on any atom is -0.441 e. The second-order valence-electron chi connectivity index (χ2n) is 8.12. The predicted octanol–water partition coefficient (Wildman–Crippen LogP) is 3.80. The molecule has 0 atom stereocenters. The molecule has 3 aromatic rings. The van der Waals surface area contributed by atoms with E-state index in [0.29, 0.717) is 29.8 Å². The molecule has 2 aliphatic rings. The highest BCUT2D eigenvalue weighted by Gasteiger charge is 2.48. The molecule has 160 valence electrons. The Kier molecular flexibility index (Phi) is 5.01. The van der Waals surface area contributed by atoms with Crippen molar-refractivity contribution in [2.45, 2.75) is 31.3 Å². The number of hydrogen-bond donors (Lipinski definition) is 1. The molecule has 1 amide bonds. The van der Waals surface area contributed by atoms with E-state index in [4.69, 9.17) is 4.74 Å². The third kappa shape index (κ3) is 3.95. The summed E-state index contributed by atoms with van der Waals surface area (Å²) in [6.45, 7) is 1.28. The van der Waals surface area contributed by atoms with Crippen LogP contribution in [0.5, 0.6) is 0 Å². The summed E-state index contributed by atoms with van der Waals surface area (Å²) in [5, 5.41) is 7.78. The monoisotopic (exact) mass is 422 g/mol. The van der Waals surface area contributed by atoms with Crippen LogP contribution in [-0.2, 0) is 4.74 Å². The minimum atomic E-state index is -0.447. The maximum atomic E-state index is 13.9. The average molecular weight is 422 g/mol. The van der Waals surface area contributed by atoms with E-state index in [0.717, 1.165) is 32.2 Å². The number of aromatic nitrogens is 4. The Bertz CT molecular complexity index is 1060. The summed E-state index contributed by atoms with van der Waals surface area (Å²) in [5.41, 5.74) is -0.0248. The van der Waals surface area contributed by atoms with Gasteiger partial charge in [-0.25, -0.2) is 18.9 Å². The number of nitrogens with one attached hydrogen (secondary N) is 1. The number of hydrogen-bond acceptors (Lipinski definition) is 6. The molecular weight excluding hydrogens is 399 g/mol. The first-order valence-corrected chi connectivity index (χ1v) is 10.4. The fourth-order valence-electron chi connectivity index (χ4n) is 4.34. The van der Waals surface area contributed by atoms with Crippen LogP contribution in [0.2, 0.25) is 0 Å².